The molecule has 1 N–H and O–H groups in total. The average molecular weight is 374 g/mol. The maximum Gasteiger partial charge on any atom is 0.261 e. The number of hydrogen-bond acceptors (Lipinski definition) is 3. The second-order valence-electron chi connectivity index (χ2n) is 6.49. The van der Waals surface area contributed by atoms with Crippen LogP contribution in [0.3, 0.4) is 0 Å². The number of nitrogens with one attached hydrogen (secondary N) is 1. The van der Waals surface area contributed by atoms with Gasteiger partial charge in [-0.1, -0.05) is 11.6 Å². The van der Waals surface area contributed by atoms with Crippen LogP contribution in [0.15, 0.2) is 46.9 Å². The molecule has 26 heavy (non-hydrogen) atoms. The monoisotopic (exact) mass is 374 g/mol. The highest BCUT2D eigenvalue weighted by atomic mass is 32.2. The van der Waals surface area contributed by atoms with Gasteiger partial charge in [0, 0.05) is 18.2 Å². The number of carbonyl (C=O) groups excluding carboxylic acids is 1. The van der Waals surface area contributed by atoms with E-state index in [4.69, 9.17) is 0 Å². The van der Waals surface area contributed by atoms with Crippen molar-refractivity contribution < 1.29 is 17.6 Å². The summed E-state index contributed by atoms with van der Waals surface area (Å²) in [5.41, 5.74) is 3.12. The second kappa shape index (κ2) is 6.25. The van der Waals surface area contributed by atoms with Crippen LogP contribution in [-0.2, 0) is 14.8 Å². The molecule has 0 aliphatic carbocycles. The number of carbonyl (C=O) groups is 1. The number of rotatable bonds is 3. The molecule has 1 amide bonds. The van der Waals surface area contributed by atoms with E-state index in [2.05, 4.69) is 4.72 Å². The average Bonchev–Trinajstić information content (AvgIpc) is 2.81. The highest BCUT2D eigenvalue weighted by Crippen LogP contribution is 2.38. The first-order valence-corrected chi connectivity index (χ1v) is 9.49. The smallest absolute Gasteiger partial charge is 0.261 e. The minimum absolute atomic E-state index is 0.0130. The Morgan fingerprint density at radius 1 is 1.12 bits per heavy atom. The fraction of sp³-hybridized carbons (Fsp3) is 0.211. The van der Waals surface area contributed by atoms with Crippen LogP contribution in [-0.4, -0.2) is 21.4 Å². The van der Waals surface area contributed by atoms with Gasteiger partial charge in [-0.3, -0.25) is 9.52 Å². The minimum atomic E-state index is -3.92. The van der Waals surface area contributed by atoms with Crippen LogP contribution in [0, 0.1) is 12.7 Å². The summed E-state index contributed by atoms with van der Waals surface area (Å²) in [6.07, 6.45) is 0. The molecule has 1 heterocycles. The molecule has 1 aliphatic rings. The molecule has 136 valence electrons. The zero-order chi connectivity index (χ0) is 19.2. The molecule has 0 aromatic heterocycles. The highest BCUT2D eigenvalue weighted by Gasteiger charge is 2.32. The highest BCUT2D eigenvalue weighted by molar-refractivity contribution is 7.92. The molecule has 2 aromatic rings. The summed E-state index contributed by atoms with van der Waals surface area (Å²) in [7, 11) is -2.27. The predicted molar refractivity (Wildman–Crippen MR) is 100 cm³/mol. The molecular weight excluding hydrogens is 355 g/mol. The number of hydrogen-bond donors (Lipinski definition) is 1. The van der Waals surface area contributed by atoms with E-state index >= 15 is 0 Å². The summed E-state index contributed by atoms with van der Waals surface area (Å²) in [6, 6.07) is 8.66. The van der Waals surface area contributed by atoms with Crippen LogP contribution in [0.1, 0.15) is 25.0 Å². The summed E-state index contributed by atoms with van der Waals surface area (Å²) in [4.78, 5) is 13.9. The third-order valence-corrected chi connectivity index (χ3v) is 5.73. The number of fused-ring (bicyclic) bond motifs is 1. The van der Waals surface area contributed by atoms with Gasteiger partial charge in [-0.2, -0.15) is 0 Å². The van der Waals surface area contributed by atoms with Crippen LogP contribution in [0.4, 0.5) is 15.8 Å². The lowest BCUT2D eigenvalue weighted by Gasteiger charge is -2.12. The van der Waals surface area contributed by atoms with Crippen molar-refractivity contribution in [2.24, 2.45) is 0 Å². The Labute approximate surface area is 152 Å². The van der Waals surface area contributed by atoms with Crippen molar-refractivity contribution in [1.82, 2.24) is 0 Å². The third kappa shape index (κ3) is 2.99. The quantitative estimate of drug-likeness (QED) is 0.833. The second-order valence-corrected chi connectivity index (χ2v) is 8.17. The Hall–Kier alpha value is -2.67. The van der Waals surface area contributed by atoms with Crippen molar-refractivity contribution >= 4 is 32.9 Å². The number of benzene rings is 2. The lowest BCUT2D eigenvalue weighted by atomic mass is 10.0. The molecule has 0 atom stereocenters. The van der Waals surface area contributed by atoms with Crippen LogP contribution in [0.2, 0.25) is 0 Å². The Balaban J connectivity index is 2.04. The van der Waals surface area contributed by atoms with Crippen LogP contribution < -0.4 is 9.62 Å². The number of allylic oxidation sites excluding steroid dienone is 1. The van der Waals surface area contributed by atoms with Crippen molar-refractivity contribution in [3.63, 3.8) is 0 Å². The molecule has 0 spiro atoms. The normalized spacial score (nSPS) is 13.8. The van der Waals surface area contributed by atoms with Crippen LogP contribution in [0.25, 0.3) is 5.57 Å². The Morgan fingerprint density at radius 3 is 2.42 bits per heavy atom. The van der Waals surface area contributed by atoms with E-state index < -0.39 is 15.8 Å². The number of aryl methyl sites for hydroxylation is 1. The van der Waals surface area contributed by atoms with E-state index in [0.717, 1.165) is 11.6 Å². The van der Waals surface area contributed by atoms with E-state index in [1.807, 2.05) is 13.8 Å². The number of amides is 1. The molecule has 1 aliphatic heterocycles. The van der Waals surface area contributed by atoms with Gasteiger partial charge < -0.3 is 4.90 Å². The lowest BCUT2D eigenvalue weighted by Crippen LogP contribution is -2.20. The maximum absolute atomic E-state index is 13.7. The van der Waals surface area contributed by atoms with E-state index in [1.54, 1.807) is 20.0 Å². The van der Waals surface area contributed by atoms with Gasteiger partial charge in [-0.15, -0.1) is 0 Å². The SMILES string of the molecule is CC(C)=C1C(=O)N(C)c2ccc(S(=O)(=O)Nc3ccc(C)c(F)c3)cc21. The van der Waals surface area contributed by atoms with Crippen LogP contribution >= 0.6 is 0 Å². The Bertz CT molecular complexity index is 1050. The summed E-state index contributed by atoms with van der Waals surface area (Å²) >= 11 is 0. The number of halogens is 1. The first-order valence-electron chi connectivity index (χ1n) is 8.01. The van der Waals surface area contributed by atoms with Crippen molar-refractivity contribution in [1.29, 1.82) is 0 Å². The van der Waals surface area contributed by atoms with Crippen molar-refractivity contribution in [3.05, 3.63) is 58.9 Å². The lowest BCUT2D eigenvalue weighted by molar-refractivity contribution is -0.112. The molecule has 0 saturated carbocycles. The predicted octanol–water partition coefficient (Wildman–Crippen LogP) is 3.70. The van der Waals surface area contributed by atoms with Gasteiger partial charge >= 0.3 is 0 Å². The summed E-state index contributed by atoms with van der Waals surface area (Å²) in [5.74, 6) is -0.652. The molecule has 0 unspecified atom stereocenters. The van der Waals surface area contributed by atoms with Gasteiger partial charge in [-0.05, 0) is 56.7 Å². The van der Waals surface area contributed by atoms with E-state index in [9.17, 15) is 17.6 Å². The molecular formula is C19H19FN2O3S. The third-order valence-electron chi connectivity index (χ3n) is 4.35. The molecule has 0 radical (unpaired) electrons. The topological polar surface area (TPSA) is 66.5 Å². The van der Waals surface area contributed by atoms with Gasteiger partial charge in [0.15, 0.2) is 0 Å². The summed E-state index contributed by atoms with van der Waals surface area (Å²) < 4.78 is 41.4. The van der Waals surface area contributed by atoms with Gasteiger partial charge in [-0.25, -0.2) is 12.8 Å². The summed E-state index contributed by atoms with van der Waals surface area (Å²) in [5, 5.41) is 0. The molecule has 5 nitrogen and oxygen atoms in total. The minimum Gasteiger partial charge on any atom is -0.311 e. The number of likely N-dealkylation sites (N-methyl/N-ethyl adjacent to an activating group) is 1. The molecule has 0 bridgehead atoms. The molecule has 0 fully saturated rings. The van der Waals surface area contributed by atoms with E-state index in [1.165, 1.54) is 29.2 Å². The fourth-order valence-electron chi connectivity index (χ4n) is 2.92. The van der Waals surface area contributed by atoms with Crippen molar-refractivity contribution in [2.75, 3.05) is 16.7 Å². The molecule has 0 saturated heterocycles. The Kier molecular flexibility index (Phi) is 4.36. The maximum atomic E-state index is 13.7. The fourth-order valence-corrected chi connectivity index (χ4v) is 4.00. The van der Waals surface area contributed by atoms with E-state index in [0.29, 0.717) is 22.4 Å². The molecule has 2 aromatic carbocycles. The first kappa shape index (κ1) is 18.1. The first-order chi connectivity index (χ1) is 12.1. The van der Waals surface area contributed by atoms with Crippen molar-refractivity contribution in [2.45, 2.75) is 25.7 Å². The number of anilines is 2. The zero-order valence-corrected chi connectivity index (χ0v) is 15.7. The van der Waals surface area contributed by atoms with Gasteiger partial charge in [0.25, 0.3) is 15.9 Å². The number of sulfonamides is 1. The standard InChI is InChI=1S/C19H19FN2O3S/c1-11(2)18-15-10-14(7-8-17(15)22(4)19(18)23)26(24,25)21-13-6-5-12(3)16(20)9-13/h5-10,21H,1-4H3. The van der Waals surface area contributed by atoms with Crippen LogP contribution in [0.5, 0.6) is 0 Å². The van der Waals surface area contributed by atoms with Crippen molar-refractivity contribution in [3.8, 4) is 0 Å². The van der Waals surface area contributed by atoms with Gasteiger partial charge in [0.2, 0.25) is 0 Å². The molecule has 3 rings (SSSR count). The zero-order valence-electron chi connectivity index (χ0n) is 14.9. The number of nitrogens with zero attached hydrogens (tertiary/aromatic N) is 1. The summed E-state index contributed by atoms with van der Waals surface area (Å²) in [6.45, 7) is 5.22. The molecule has 7 heteroatoms. The van der Waals surface area contributed by atoms with Gasteiger partial charge in [0.1, 0.15) is 5.82 Å². The largest absolute Gasteiger partial charge is 0.311 e. The Morgan fingerprint density at radius 2 is 1.81 bits per heavy atom. The van der Waals surface area contributed by atoms with Gasteiger partial charge in [0.05, 0.1) is 16.3 Å². The van der Waals surface area contributed by atoms with E-state index in [-0.39, 0.29) is 16.5 Å².